The van der Waals surface area contributed by atoms with Gasteiger partial charge in [0.1, 0.15) is 5.82 Å². The van der Waals surface area contributed by atoms with Crippen LogP contribution in [0.4, 0.5) is 5.82 Å². The van der Waals surface area contributed by atoms with E-state index in [9.17, 15) is 4.79 Å². The predicted octanol–water partition coefficient (Wildman–Crippen LogP) is 3.49. The topological polar surface area (TPSA) is 46.9 Å². The lowest BCUT2D eigenvalue weighted by molar-refractivity contribution is 0.102. The molecule has 22 heavy (non-hydrogen) atoms. The Kier molecular flexibility index (Phi) is 3.53. The normalized spacial score (nSPS) is 17.0. The predicted molar refractivity (Wildman–Crippen MR) is 88.8 cm³/mol. The maximum Gasteiger partial charge on any atom is 0.266 e. The molecule has 0 saturated heterocycles. The lowest BCUT2D eigenvalue weighted by atomic mass is 10.1. The summed E-state index contributed by atoms with van der Waals surface area (Å²) >= 11 is 1.68. The van der Waals surface area contributed by atoms with Gasteiger partial charge in [-0.1, -0.05) is 6.42 Å². The van der Waals surface area contributed by atoms with Crippen molar-refractivity contribution in [3.8, 4) is 0 Å². The average Bonchev–Trinajstić information content (AvgIpc) is 3.13. The van der Waals surface area contributed by atoms with Crippen molar-refractivity contribution in [3.05, 3.63) is 32.6 Å². The molecule has 0 unspecified atom stereocenters. The molecule has 0 bridgehead atoms. The minimum absolute atomic E-state index is 0.0239. The van der Waals surface area contributed by atoms with Crippen molar-refractivity contribution in [3.63, 3.8) is 0 Å². The molecule has 116 valence electrons. The number of fused-ring (bicyclic) bond motifs is 2. The van der Waals surface area contributed by atoms with Crippen LogP contribution in [0.2, 0.25) is 0 Å². The Hall–Kier alpha value is -1.62. The number of hydrogen-bond donors (Lipinski definition) is 1. The number of hydrogen-bond acceptors (Lipinski definition) is 3. The van der Waals surface area contributed by atoms with Crippen LogP contribution in [0, 0.1) is 0 Å². The maximum atomic E-state index is 12.6. The summed E-state index contributed by atoms with van der Waals surface area (Å²) in [5, 5.41) is 7.62. The zero-order valence-electron chi connectivity index (χ0n) is 12.9. The van der Waals surface area contributed by atoms with Crippen LogP contribution in [0.15, 0.2) is 6.07 Å². The molecular weight excluding hydrogens is 294 g/mol. The molecule has 0 atom stereocenters. The summed E-state index contributed by atoms with van der Waals surface area (Å²) in [4.78, 5) is 14.9. The van der Waals surface area contributed by atoms with Gasteiger partial charge in [-0.15, -0.1) is 11.3 Å². The Bertz CT molecular complexity index is 705. The molecule has 0 spiro atoms. The Labute approximate surface area is 134 Å². The molecule has 2 heterocycles. The monoisotopic (exact) mass is 315 g/mol. The molecule has 4 rings (SSSR count). The van der Waals surface area contributed by atoms with Gasteiger partial charge >= 0.3 is 0 Å². The standard InChI is InChI=1S/C17H21N3OS/c1-20-16(12-7-5-8-13(12)19-20)18-17(21)15-10-11-6-3-2-4-9-14(11)22-15/h10H,2-9H2,1H3,(H,18,21). The van der Waals surface area contributed by atoms with Crippen molar-refractivity contribution < 1.29 is 4.79 Å². The molecule has 2 aromatic heterocycles. The number of carbonyl (C=O) groups excluding carboxylic acids is 1. The minimum Gasteiger partial charge on any atom is -0.306 e. The second-order valence-electron chi connectivity index (χ2n) is 6.32. The van der Waals surface area contributed by atoms with Crippen LogP contribution in [0.1, 0.15) is 57.1 Å². The highest BCUT2D eigenvalue weighted by Gasteiger charge is 2.23. The number of carbonyl (C=O) groups is 1. The number of nitrogens with zero attached hydrogens (tertiary/aromatic N) is 2. The summed E-state index contributed by atoms with van der Waals surface area (Å²) in [6.45, 7) is 0. The third kappa shape index (κ3) is 2.37. The first-order chi connectivity index (χ1) is 10.7. The van der Waals surface area contributed by atoms with Crippen molar-refractivity contribution in [2.75, 3.05) is 5.32 Å². The van der Waals surface area contributed by atoms with Crippen LogP contribution >= 0.6 is 11.3 Å². The number of amides is 1. The van der Waals surface area contributed by atoms with Gasteiger partial charge in [0, 0.05) is 17.5 Å². The Balaban J connectivity index is 1.58. The molecule has 2 aromatic rings. The first kappa shape index (κ1) is 14.0. The highest BCUT2D eigenvalue weighted by molar-refractivity contribution is 7.14. The van der Waals surface area contributed by atoms with Gasteiger partial charge in [0.25, 0.3) is 5.91 Å². The van der Waals surface area contributed by atoms with Gasteiger partial charge in [-0.25, -0.2) is 0 Å². The Morgan fingerprint density at radius 2 is 2.05 bits per heavy atom. The van der Waals surface area contributed by atoms with E-state index in [4.69, 9.17) is 0 Å². The van der Waals surface area contributed by atoms with E-state index in [1.54, 1.807) is 11.3 Å². The first-order valence-electron chi connectivity index (χ1n) is 8.20. The molecular formula is C17H21N3OS. The highest BCUT2D eigenvalue weighted by atomic mass is 32.1. The van der Waals surface area contributed by atoms with Crippen LogP contribution in [0.3, 0.4) is 0 Å². The quantitative estimate of drug-likeness (QED) is 0.862. The SMILES string of the molecule is Cn1nc2c(c1NC(=O)c1cc3c(s1)CCCCC3)CCC2. The molecule has 4 nitrogen and oxygen atoms in total. The van der Waals surface area contributed by atoms with E-state index in [0.717, 1.165) is 48.5 Å². The number of nitrogens with one attached hydrogen (secondary N) is 1. The van der Waals surface area contributed by atoms with Gasteiger partial charge in [0.05, 0.1) is 10.6 Å². The molecule has 5 heteroatoms. The summed E-state index contributed by atoms with van der Waals surface area (Å²) < 4.78 is 1.82. The fourth-order valence-corrected chi connectivity index (χ4v) is 4.77. The smallest absolute Gasteiger partial charge is 0.266 e. The van der Waals surface area contributed by atoms with Crippen molar-refractivity contribution in [1.29, 1.82) is 0 Å². The number of thiophene rings is 1. The molecule has 0 saturated carbocycles. The van der Waals surface area contributed by atoms with Crippen LogP contribution in [0.25, 0.3) is 0 Å². The number of anilines is 1. The summed E-state index contributed by atoms with van der Waals surface area (Å²) in [5.74, 6) is 0.914. The van der Waals surface area contributed by atoms with E-state index >= 15 is 0 Å². The molecule has 0 fully saturated rings. The third-order valence-electron chi connectivity index (χ3n) is 4.77. The van der Waals surface area contributed by atoms with Gasteiger partial charge in [0.2, 0.25) is 0 Å². The molecule has 0 aromatic carbocycles. The molecule has 2 aliphatic carbocycles. The van der Waals surface area contributed by atoms with Gasteiger partial charge < -0.3 is 5.32 Å². The molecule has 1 amide bonds. The van der Waals surface area contributed by atoms with Crippen LogP contribution in [-0.2, 0) is 32.7 Å². The van der Waals surface area contributed by atoms with Crippen molar-refractivity contribution in [1.82, 2.24) is 9.78 Å². The lowest BCUT2D eigenvalue weighted by Crippen LogP contribution is -2.14. The summed E-state index contributed by atoms with van der Waals surface area (Å²) in [6.07, 6.45) is 9.28. The van der Waals surface area contributed by atoms with Gasteiger partial charge in [-0.3, -0.25) is 9.48 Å². The fraction of sp³-hybridized carbons (Fsp3) is 0.529. The lowest BCUT2D eigenvalue weighted by Gasteiger charge is -2.06. The summed E-state index contributed by atoms with van der Waals surface area (Å²) in [5.41, 5.74) is 3.77. The fourth-order valence-electron chi connectivity index (χ4n) is 3.62. The van der Waals surface area contributed by atoms with E-state index in [0.29, 0.717) is 0 Å². The largest absolute Gasteiger partial charge is 0.306 e. The first-order valence-corrected chi connectivity index (χ1v) is 9.01. The van der Waals surface area contributed by atoms with Crippen molar-refractivity contribution >= 4 is 23.1 Å². The second-order valence-corrected chi connectivity index (χ2v) is 7.46. The van der Waals surface area contributed by atoms with Gasteiger partial charge in [-0.05, 0) is 56.6 Å². The van der Waals surface area contributed by atoms with E-state index in [-0.39, 0.29) is 5.91 Å². The second kappa shape index (κ2) is 5.54. The minimum atomic E-state index is 0.0239. The van der Waals surface area contributed by atoms with Crippen molar-refractivity contribution in [2.45, 2.75) is 51.4 Å². The summed E-state index contributed by atoms with van der Waals surface area (Å²) in [6, 6.07) is 2.11. The number of aryl methyl sites for hydroxylation is 4. The van der Waals surface area contributed by atoms with E-state index in [1.807, 2.05) is 11.7 Å². The number of aromatic nitrogens is 2. The zero-order chi connectivity index (χ0) is 15.1. The van der Waals surface area contributed by atoms with Crippen molar-refractivity contribution in [2.24, 2.45) is 7.05 Å². The molecule has 2 aliphatic rings. The van der Waals surface area contributed by atoms with Crippen LogP contribution in [-0.4, -0.2) is 15.7 Å². The third-order valence-corrected chi connectivity index (χ3v) is 6.01. The zero-order valence-corrected chi connectivity index (χ0v) is 13.8. The molecule has 0 aliphatic heterocycles. The molecule has 0 radical (unpaired) electrons. The maximum absolute atomic E-state index is 12.6. The van der Waals surface area contributed by atoms with E-state index in [2.05, 4.69) is 16.5 Å². The Morgan fingerprint density at radius 3 is 2.95 bits per heavy atom. The van der Waals surface area contributed by atoms with Crippen LogP contribution < -0.4 is 5.32 Å². The summed E-state index contributed by atoms with van der Waals surface area (Å²) in [7, 11) is 1.91. The van der Waals surface area contributed by atoms with Gasteiger partial charge in [-0.2, -0.15) is 5.10 Å². The number of rotatable bonds is 2. The van der Waals surface area contributed by atoms with E-state index < -0.39 is 0 Å². The molecule has 1 N–H and O–H groups in total. The average molecular weight is 315 g/mol. The highest BCUT2D eigenvalue weighted by Crippen LogP contribution is 2.31. The Morgan fingerprint density at radius 1 is 1.18 bits per heavy atom. The van der Waals surface area contributed by atoms with E-state index in [1.165, 1.54) is 35.3 Å². The van der Waals surface area contributed by atoms with Gasteiger partial charge in [0.15, 0.2) is 0 Å². The van der Waals surface area contributed by atoms with Crippen LogP contribution in [0.5, 0.6) is 0 Å².